The van der Waals surface area contributed by atoms with Gasteiger partial charge in [-0.3, -0.25) is 28.9 Å². The van der Waals surface area contributed by atoms with Crippen molar-refractivity contribution in [3.8, 4) is 17.2 Å². The Morgan fingerprint density at radius 2 is 1.73 bits per heavy atom. The van der Waals surface area contributed by atoms with Crippen LogP contribution in [0.2, 0.25) is 0 Å². The second-order valence-electron chi connectivity index (χ2n) is 12.7. The van der Waals surface area contributed by atoms with Crippen molar-refractivity contribution in [3.05, 3.63) is 41.0 Å². The van der Waals surface area contributed by atoms with Crippen LogP contribution in [0, 0.1) is 23.7 Å². The van der Waals surface area contributed by atoms with Gasteiger partial charge in [0.25, 0.3) is 0 Å². The van der Waals surface area contributed by atoms with Crippen molar-refractivity contribution < 1.29 is 44.0 Å². The van der Waals surface area contributed by atoms with Crippen LogP contribution in [0.1, 0.15) is 34.8 Å². The SMILES string of the molecule is COc1ccc(CNc2cc(N(C)C)c3c(c2O)C(=O)C2C(=O)C4(O)C(=O)C(C(N)=O)C(=O)C(C)(N(C)C)C4CC2C3)cc1O. The summed E-state index contributed by atoms with van der Waals surface area (Å²) in [6.45, 7) is 1.62. The molecule has 2 saturated carbocycles. The lowest BCUT2D eigenvalue weighted by Gasteiger charge is -2.57. The molecule has 0 aliphatic heterocycles. The molecule has 240 valence electrons. The van der Waals surface area contributed by atoms with E-state index in [4.69, 9.17) is 10.5 Å². The number of ketones is 4. The van der Waals surface area contributed by atoms with Gasteiger partial charge in [0.05, 0.1) is 29.8 Å². The molecule has 0 heterocycles. The zero-order chi connectivity index (χ0) is 33.3. The fraction of sp³-hybridized carbons (Fsp3) is 0.469. The number of nitrogens with zero attached hydrogens (tertiary/aromatic N) is 2. The number of aliphatic hydroxyl groups is 1. The first kappa shape index (κ1) is 31.9. The van der Waals surface area contributed by atoms with Gasteiger partial charge in [-0.05, 0) is 69.1 Å². The molecule has 0 spiro atoms. The molecular formula is C32H38N4O9. The van der Waals surface area contributed by atoms with Crippen LogP contribution >= 0.6 is 0 Å². The molecule has 6 unspecified atom stereocenters. The second kappa shape index (κ2) is 10.8. The maximum absolute atomic E-state index is 14.2. The molecule has 0 saturated heterocycles. The summed E-state index contributed by atoms with van der Waals surface area (Å²) in [7, 11) is 8.07. The number of carbonyl (C=O) groups is 5. The molecule has 6 atom stereocenters. The number of hydrogen-bond acceptors (Lipinski definition) is 12. The Labute approximate surface area is 259 Å². The van der Waals surface area contributed by atoms with Gasteiger partial charge >= 0.3 is 0 Å². The number of nitrogens with one attached hydrogen (secondary N) is 1. The molecule has 2 aromatic carbocycles. The molecule has 0 bridgehead atoms. The summed E-state index contributed by atoms with van der Waals surface area (Å²) < 4.78 is 5.08. The number of amides is 1. The number of fused-ring (bicyclic) bond motifs is 3. The van der Waals surface area contributed by atoms with E-state index in [9.17, 15) is 39.3 Å². The molecule has 0 aromatic heterocycles. The number of hydrogen-bond donors (Lipinski definition) is 5. The minimum atomic E-state index is -2.83. The highest BCUT2D eigenvalue weighted by molar-refractivity contribution is 6.33. The number of rotatable bonds is 7. The van der Waals surface area contributed by atoms with Gasteiger partial charge in [0, 0.05) is 32.2 Å². The van der Waals surface area contributed by atoms with Crippen LogP contribution in [-0.4, -0.2) is 95.7 Å². The number of phenols is 2. The van der Waals surface area contributed by atoms with Crippen LogP contribution in [0.5, 0.6) is 17.2 Å². The van der Waals surface area contributed by atoms with Gasteiger partial charge in [0.1, 0.15) is 5.75 Å². The molecule has 3 aliphatic carbocycles. The Morgan fingerprint density at radius 3 is 2.29 bits per heavy atom. The Kier molecular flexibility index (Phi) is 7.69. The van der Waals surface area contributed by atoms with Gasteiger partial charge < -0.3 is 36.0 Å². The third-order valence-electron chi connectivity index (χ3n) is 10.1. The zero-order valence-electron chi connectivity index (χ0n) is 26.0. The standard InChI is InChI=1S/C32H38N4O9/c1-31(36(4)5)21-11-15-10-16-18(35(2)3)12-17(34-13-14-7-8-20(45-6)19(37)9-14)25(38)23(16)26(39)22(15)28(41)32(21,44)29(42)24(27(31)40)30(33)43/h7-9,12,15,21-22,24,34,37-38,44H,10-11,13H2,1-6H3,(H2,33,43). The van der Waals surface area contributed by atoms with Crippen LogP contribution in [0.25, 0.3) is 0 Å². The predicted molar refractivity (Wildman–Crippen MR) is 162 cm³/mol. The number of nitrogens with two attached hydrogens (primary N) is 1. The molecule has 5 rings (SSSR count). The highest BCUT2D eigenvalue weighted by Crippen LogP contribution is 2.55. The van der Waals surface area contributed by atoms with Crippen molar-refractivity contribution in [1.29, 1.82) is 0 Å². The predicted octanol–water partition coefficient (Wildman–Crippen LogP) is 0.649. The molecule has 3 aliphatic rings. The first-order chi connectivity index (χ1) is 21.0. The van der Waals surface area contributed by atoms with Crippen LogP contribution in [0.4, 0.5) is 11.4 Å². The lowest BCUT2D eigenvalue weighted by molar-refractivity contribution is -0.189. The molecule has 2 fully saturated rings. The fourth-order valence-corrected chi connectivity index (χ4v) is 7.45. The summed E-state index contributed by atoms with van der Waals surface area (Å²) in [4.78, 5) is 71.2. The van der Waals surface area contributed by atoms with Crippen molar-refractivity contribution in [2.45, 2.75) is 37.5 Å². The van der Waals surface area contributed by atoms with Crippen molar-refractivity contribution in [2.24, 2.45) is 29.4 Å². The Balaban J connectivity index is 1.59. The van der Waals surface area contributed by atoms with E-state index in [1.165, 1.54) is 25.0 Å². The number of ether oxygens (including phenoxy) is 1. The van der Waals surface area contributed by atoms with E-state index in [0.29, 0.717) is 22.6 Å². The molecule has 1 amide bonds. The number of methoxy groups -OCH3 is 1. The van der Waals surface area contributed by atoms with Crippen LogP contribution in [0.3, 0.4) is 0 Å². The second-order valence-corrected chi connectivity index (χ2v) is 12.7. The minimum absolute atomic E-state index is 0.0513. The molecule has 13 heteroatoms. The van der Waals surface area contributed by atoms with E-state index in [1.807, 2.05) is 0 Å². The van der Waals surface area contributed by atoms with Crippen molar-refractivity contribution in [2.75, 3.05) is 45.5 Å². The lowest BCUT2D eigenvalue weighted by atomic mass is 9.49. The van der Waals surface area contributed by atoms with Crippen LogP contribution < -0.4 is 20.7 Å². The quantitative estimate of drug-likeness (QED) is 0.214. The summed E-state index contributed by atoms with van der Waals surface area (Å²) in [5.41, 5.74) is 2.81. The van der Waals surface area contributed by atoms with Gasteiger partial charge in [0.2, 0.25) is 5.91 Å². The number of aromatic hydroxyl groups is 2. The van der Waals surface area contributed by atoms with Crippen LogP contribution in [-0.2, 0) is 32.1 Å². The maximum atomic E-state index is 14.2. The van der Waals surface area contributed by atoms with Crippen molar-refractivity contribution in [1.82, 2.24) is 4.90 Å². The molecule has 6 N–H and O–H groups in total. The largest absolute Gasteiger partial charge is 0.505 e. The normalized spacial score (nSPS) is 29.2. The number of anilines is 2. The molecule has 13 nitrogen and oxygen atoms in total. The fourth-order valence-electron chi connectivity index (χ4n) is 7.45. The summed E-state index contributed by atoms with van der Waals surface area (Å²) in [6.07, 6.45) is 0.0905. The number of carbonyl (C=O) groups excluding carboxylic acids is 5. The minimum Gasteiger partial charge on any atom is -0.505 e. The van der Waals surface area contributed by atoms with E-state index >= 15 is 0 Å². The Hall–Kier alpha value is -4.49. The van der Waals surface area contributed by atoms with E-state index in [-0.39, 0.29) is 36.4 Å². The number of phenolic OH excluding ortho intramolecular Hbond substituents is 2. The van der Waals surface area contributed by atoms with Crippen molar-refractivity contribution >= 4 is 40.4 Å². The molecular weight excluding hydrogens is 584 g/mol. The number of Topliss-reactive ketones (excluding diaryl/α,β-unsaturated/α-hetero) is 4. The topological polar surface area (TPSA) is 200 Å². The summed E-state index contributed by atoms with van der Waals surface area (Å²) >= 11 is 0. The average molecular weight is 623 g/mol. The van der Waals surface area contributed by atoms with Gasteiger partial charge in [-0.1, -0.05) is 6.07 Å². The number of likely N-dealkylation sites (N-methyl/N-ethyl adjacent to an activating group) is 1. The summed E-state index contributed by atoms with van der Waals surface area (Å²) in [5, 5.41) is 36.6. The van der Waals surface area contributed by atoms with E-state index in [1.54, 1.807) is 51.3 Å². The van der Waals surface area contributed by atoms with Gasteiger partial charge in [-0.25, -0.2) is 0 Å². The highest BCUT2D eigenvalue weighted by atomic mass is 16.5. The Bertz CT molecular complexity index is 1650. The first-order valence-electron chi connectivity index (χ1n) is 14.5. The van der Waals surface area contributed by atoms with Gasteiger partial charge in [0.15, 0.2) is 46.2 Å². The van der Waals surface area contributed by atoms with E-state index < -0.39 is 69.6 Å². The van der Waals surface area contributed by atoms with Gasteiger partial charge in [-0.2, -0.15) is 0 Å². The molecule has 0 radical (unpaired) electrons. The smallest absolute Gasteiger partial charge is 0.235 e. The first-order valence-corrected chi connectivity index (χ1v) is 14.5. The monoisotopic (exact) mass is 622 g/mol. The summed E-state index contributed by atoms with van der Waals surface area (Å²) in [6, 6.07) is 6.48. The lowest BCUT2D eigenvalue weighted by Crippen LogP contribution is -2.78. The zero-order valence-corrected chi connectivity index (χ0v) is 26.0. The van der Waals surface area contributed by atoms with E-state index in [2.05, 4.69) is 5.32 Å². The average Bonchev–Trinajstić information content (AvgIpc) is 2.96. The van der Waals surface area contributed by atoms with Gasteiger partial charge in [-0.15, -0.1) is 0 Å². The number of benzene rings is 2. The van der Waals surface area contributed by atoms with Crippen molar-refractivity contribution in [3.63, 3.8) is 0 Å². The third kappa shape index (κ3) is 4.47. The molecule has 2 aromatic rings. The van der Waals surface area contributed by atoms with E-state index in [0.717, 1.165) is 0 Å². The Morgan fingerprint density at radius 1 is 1.07 bits per heavy atom. The number of primary amides is 1. The highest BCUT2D eigenvalue weighted by Gasteiger charge is 2.72. The third-order valence-corrected chi connectivity index (χ3v) is 10.1. The molecule has 45 heavy (non-hydrogen) atoms. The van der Waals surface area contributed by atoms with Crippen LogP contribution in [0.15, 0.2) is 24.3 Å². The maximum Gasteiger partial charge on any atom is 0.235 e. The summed E-state index contributed by atoms with van der Waals surface area (Å²) in [5.74, 6) is -11.0.